The second-order valence-corrected chi connectivity index (χ2v) is 3.12. The molecule has 1 aromatic carbocycles. The molecule has 0 heterocycles. The van der Waals surface area contributed by atoms with Crippen LogP contribution in [0.25, 0.3) is 0 Å². The predicted molar refractivity (Wildman–Crippen MR) is 63.7 cm³/mol. The van der Waals surface area contributed by atoms with Gasteiger partial charge in [0, 0.05) is 5.56 Å². The monoisotopic (exact) mass is 220 g/mol. The Balaban J connectivity index is 2.87. The van der Waals surface area contributed by atoms with E-state index in [9.17, 15) is 0 Å². The summed E-state index contributed by atoms with van der Waals surface area (Å²) < 4.78 is 10.6. The average Bonchev–Trinajstić information content (AvgIpc) is 2.30. The lowest BCUT2D eigenvalue weighted by Crippen LogP contribution is -2.02. The van der Waals surface area contributed by atoms with E-state index in [1.54, 1.807) is 12.1 Å². The number of rotatable bonds is 7. The van der Waals surface area contributed by atoms with Crippen molar-refractivity contribution in [1.29, 1.82) is 0 Å². The van der Waals surface area contributed by atoms with Crippen LogP contribution in [0.5, 0.6) is 11.5 Å². The van der Waals surface area contributed by atoms with Crippen LogP contribution in [0, 0.1) is 0 Å². The van der Waals surface area contributed by atoms with E-state index in [-0.39, 0.29) is 13.2 Å². The Morgan fingerprint density at radius 2 is 2.12 bits per heavy atom. The first-order valence-electron chi connectivity index (χ1n) is 5.07. The van der Waals surface area contributed by atoms with Gasteiger partial charge in [-0.3, -0.25) is 0 Å². The van der Waals surface area contributed by atoms with Gasteiger partial charge in [-0.15, -0.1) is 6.58 Å². The van der Waals surface area contributed by atoms with E-state index in [0.29, 0.717) is 12.2 Å². The average molecular weight is 220 g/mol. The molecule has 1 aromatic rings. The molecule has 0 amide bonds. The topological polar surface area (TPSA) is 38.7 Å². The van der Waals surface area contributed by atoms with Crippen LogP contribution < -0.4 is 9.47 Å². The van der Waals surface area contributed by atoms with Crippen molar-refractivity contribution < 1.29 is 14.6 Å². The maximum atomic E-state index is 8.66. The molecule has 3 nitrogen and oxygen atoms in total. The number of aliphatic hydroxyl groups excluding tert-OH is 1. The number of ether oxygens (including phenoxy) is 2. The second-order valence-electron chi connectivity index (χ2n) is 3.12. The summed E-state index contributed by atoms with van der Waals surface area (Å²) in [5, 5.41) is 8.66. The molecule has 0 aliphatic heterocycles. The van der Waals surface area contributed by atoms with Crippen molar-refractivity contribution in [2.75, 3.05) is 13.2 Å². The lowest BCUT2D eigenvalue weighted by molar-refractivity contribution is 0.201. The van der Waals surface area contributed by atoms with E-state index in [4.69, 9.17) is 14.6 Å². The number of aliphatic hydroxyl groups is 1. The van der Waals surface area contributed by atoms with Crippen molar-refractivity contribution in [2.45, 2.75) is 6.42 Å². The van der Waals surface area contributed by atoms with E-state index >= 15 is 0 Å². The lowest BCUT2D eigenvalue weighted by atomic mass is 10.1. The van der Waals surface area contributed by atoms with Crippen LogP contribution in [-0.2, 0) is 6.42 Å². The molecular weight excluding hydrogens is 204 g/mol. The zero-order valence-corrected chi connectivity index (χ0v) is 9.19. The SMILES string of the molecule is C=CCc1cc(OCCO)ccc1OC=C. The van der Waals surface area contributed by atoms with Gasteiger partial charge >= 0.3 is 0 Å². The first-order valence-corrected chi connectivity index (χ1v) is 5.07. The third kappa shape index (κ3) is 3.44. The molecule has 0 saturated heterocycles. The molecule has 0 fully saturated rings. The Morgan fingerprint density at radius 1 is 1.31 bits per heavy atom. The molecule has 0 aromatic heterocycles. The highest BCUT2D eigenvalue weighted by atomic mass is 16.5. The first-order chi connectivity index (χ1) is 7.81. The molecule has 0 saturated carbocycles. The van der Waals surface area contributed by atoms with Gasteiger partial charge in [0.2, 0.25) is 0 Å². The van der Waals surface area contributed by atoms with Crippen LogP contribution in [-0.4, -0.2) is 18.3 Å². The molecule has 1 N–H and O–H groups in total. The van der Waals surface area contributed by atoms with Crippen molar-refractivity contribution in [2.24, 2.45) is 0 Å². The van der Waals surface area contributed by atoms with Crippen molar-refractivity contribution in [3.63, 3.8) is 0 Å². The zero-order valence-electron chi connectivity index (χ0n) is 9.19. The van der Waals surface area contributed by atoms with Gasteiger partial charge in [0.1, 0.15) is 18.1 Å². The third-order valence-electron chi connectivity index (χ3n) is 1.97. The summed E-state index contributed by atoms with van der Waals surface area (Å²) in [5.41, 5.74) is 0.977. The number of hydrogen-bond acceptors (Lipinski definition) is 3. The predicted octanol–water partition coefficient (Wildman–Crippen LogP) is 2.31. The molecule has 0 unspecified atom stereocenters. The fourth-order valence-corrected chi connectivity index (χ4v) is 1.33. The number of allylic oxidation sites excluding steroid dienone is 1. The van der Waals surface area contributed by atoms with Gasteiger partial charge < -0.3 is 14.6 Å². The van der Waals surface area contributed by atoms with Crippen LogP contribution >= 0.6 is 0 Å². The summed E-state index contributed by atoms with van der Waals surface area (Å²) in [6, 6.07) is 5.48. The number of benzene rings is 1. The van der Waals surface area contributed by atoms with Crippen molar-refractivity contribution in [3.05, 3.63) is 49.3 Å². The minimum absolute atomic E-state index is 0.00169. The van der Waals surface area contributed by atoms with Crippen LogP contribution in [0.15, 0.2) is 43.7 Å². The minimum Gasteiger partial charge on any atom is -0.491 e. The maximum absolute atomic E-state index is 8.66. The Labute approximate surface area is 95.6 Å². The van der Waals surface area contributed by atoms with Crippen molar-refractivity contribution in [3.8, 4) is 11.5 Å². The molecule has 0 bridgehead atoms. The van der Waals surface area contributed by atoms with E-state index in [1.807, 2.05) is 12.1 Å². The third-order valence-corrected chi connectivity index (χ3v) is 1.97. The smallest absolute Gasteiger partial charge is 0.130 e. The van der Waals surface area contributed by atoms with Gasteiger partial charge in [0.15, 0.2) is 0 Å². The molecule has 0 spiro atoms. The van der Waals surface area contributed by atoms with Gasteiger partial charge in [-0.05, 0) is 24.6 Å². The summed E-state index contributed by atoms with van der Waals surface area (Å²) in [4.78, 5) is 0. The normalized spacial score (nSPS) is 9.56. The van der Waals surface area contributed by atoms with Crippen molar-refractivity contribution >= 4 is 0 Å². The van der Waals surface area contributed by atoms with Crippen LogP contribution in [0.3, 0.4) is 0 Å². The number of hydrogen-bond donors (Lipinski definition) is 1. The Kier molecular flexibility index (Phi) is 5.16. The van der Waals surface area contributed by atoms with E-state index in [1.165, 1.54) is 6.26 Å². The standard InChI is InChI=1S/C13H16O3/c1-3-5-11-10-12(16-9-8-14)6-7-13(11)15-4-2/h3-4,6-7,10,14H,1-2,5,8-9H2. The molecule has 3 heteroatoms. The van der Waals surface area contributed by atoms with Crippen LogP contribution in [0.4, 0.5) is 0 Å². The molecular formula is C13H16O3. The molecule has 0 atom stereocenters. The van der Waals surface area contributed by atoms with E-state index in [2.05, 4.69) is 13.2 Å². The van der Waals surface area contributed by atoms with Crippen molar-refractivity contribution in [1.82, 2.24) is 0 Å². The highest BCUT2D eigenvalue weighted by Gasteiger charge is 2.04. The Morgan fingerprint density at radius 3 is 2.75 bits per heavy atom. The summed E-state index contributed by atoms with van der Waals surface area (Å²) in [6.07, 6.45) is 3.87. The van der Waals surface area contributed by atoms with Gasteiger partial charge in [-0.25, -0.2) is 0 Å². The van der Waals surface area contributed by atoms with Gasteiger partial charge in [-0.1, -0.05) is 12.7 Å². The summed E-state index contributed by atoms with van der Waals surface area (Å²) in [7, 11) is 0. The van der Waals surface area contributed by atoms with Gasteiger partial charge in [-0.2, -0.15) is 0 Å². The summed E-state index contributed by atoms with van der Waals surface area (Å²) >= 11 is 0. The fraction of sp³-hybridized carbons (Fsp3) is 0.231. The second kappa shape index (κ2) is 6.69. The molecule has 0 aliphatic carbocycles. The quantitative estimate of drug-likeness (QED) is 0.566. The van der Waals surface area contributed by atoms with Gasteiger partial charge in [0.05, 0.1) is 12.9 Å². The zero-order chi connectivity index (χ0) is 11.8. The largest absolute Gasteiger partial charge is 0.491 e. The highest BCUT2D eigenvalue weighted by Crippen LogP contribution is 2.25. The van der Waals surface area contributed by atoms with Crippen LogP contribution in [0.2, 0.25) is 0 Å². The summed E-state index contributed by atoms with van der Waals surface area (Å²) in [6.45, 7) is 7.49. The molecule has 86 valence electrons. The van der Waals surface area contributed by atoms with Gasteiger partial charge in [0.25, 0.3) is 0 Å². The summed E-state index contributed by atoms with van der Waals surface area (Å²) in [5.74, 6) is 1.45. The lowest BCUT2D eigenvalue weighted by Gasteiger charge is -2.10. The molecule has 0 aliphatic rings. The first kappa shape index (κ1) is 12.3. The maximum Gasteiger partial charge on any atom is 0.130 e. The van der Waals surface area contributed by atoms with E-state index in [0.717, 1.165) is 11.3 Å². The molecule has 16 heavy (non-hydrogen) atoms. The van der Waals surface area contributed by atoms with Crippen LogP contribution in [0.1, 0.15) is 5.56 Å². The Hall–Kier alpha value is -1.74. The Bertz CT molecular complexity index is 358. The minimum atomic E-state index is 0.00169. The van der Waals surface area contributed by atoms with E-state index < -0.39 is 0 Å². The molecule has 1 rings (SSSR count). The molecule has 0 radical (unpaired) electrons. The highest BCUT2D eigenvalue weighted by molar-refractivity contribution is 5.41. The fourth-order valence-electron chi connectivity index (χ4n) is 1.33.